The fraction of sp³-hybridized carbons (Fsp3) is 0.889. The van der Waals surface area contributed by atoms with Gasteiger partial charge in [-0.25, -0.2) is 4.79 Å². The molecule has 0 bridgehead atoms. The minimum Gasteiger partial charge on any atom is -0.376 e. The summed E-state index contributed by atoms with van der Waals surface area (Å²) in [4.78, 5) is 14.5. The monoisotopic (exact) mass is 224 g/mol. The highest BCUT2D eigenvalue weighted by molar-refractivity contribution is 5.73. The van der Waals surface area contributed by atoms with E-state index in [0.717, 1.165) is 6.42 Å². The number of carbonyl (C=O) groups excluding carboxylic acids is 1. The van der Waals surface area contributed by atoms with Crippen molar-refractivity contribution in [3.05, 3.63) is 0 Å². The van der Waals surface area contributed by atoms with Crippen molar-refractivity contribution in [2.24, 2.45) is 0 Å². The molecule has 0 aliphatic carbocycles. The third-order valence-electron chi connectivity index (χ3n) is 1.63. The predicted octanol–water partition coefficient (Wildman–Crippen LogP) is 1.57. The Morgan fingerprint density at radius 3 is 2.53 bits per heavy atom. The van der Waals surface area contributed by atoms with Gasteiger partial charge in [0, 0.05) is 11.7 Å². The second kappa shape index (κ2) is 8.58. The van der Waals surface area contributed by atoms with Gasteiger partial charge in [-0.15, -0.1) is 0 Å². The molecule has 0 aliphatic rings. The summed E-state index contributed by atoms with van der Waals surface area (Å²) in [6.07, 6.45) is -0.0858. The Morgan fingerprint density at radius 1 is 1.33 bits per heavy atom. The van der Waals surface area contributed by atoms with Gasteiger partial charge in [0.15, 0.2) is 6.10 Å². The fourth-order valence-electron chi connectivity index (χ4n) is 0.814. The molecular formula is C9H17FO5. The van der Waals surface area contributed by atoms with Gasteiger partial charge in [-0.1, -0.05) is 6.92 Å². The number of ether oxygens (including phenoxy) is 2. The average molecular weight is 224 g/mol. The van der Waals surface area contributed by atoms with Gasteiger partial charge in [0.1, 0.15) is 0 Å². The Labute approximate surface area is 88.3 Å². The molecule has 0 fully saturated rings. The maximum Gasteiger partial charge on any atom is 0.374 e. The van der Waals surface area contributed by atoms with Gasteiger partial charge in [-0.3, -0.25) is 4.89 Å². The maximum atomic E-state index is 11.1. The quantitative estimate of drug-likeness (QED) is 0.462. The molecule has 0 aromatic carbocycles. The summed E-state index contributed by atoms with van der Waals surface area (Å²) in [5.41, 5.74) is 0. The Bertz CT molecular complexity index is 176. The van der Waals surface area contributed by atoms with E-state index in [9.17, 15) is 9.32 Å². The molecule has 0 N–H and O–H groups in total. The molecule has 15 heavy (non-hydrogen) atoms. The summed E-state index contributed by atoms with van der Waals surface area (Å²) >= 11 is 0. The average Bonchev–Trinajstić information content (AvgIpc) is 2.23. The highest BCUT2D eigenvalue weighted by Crippen LogP contribution is 2.00. The standard InChI is InChI=1S/C9H17FO5/c1-4-5-12-7(2)6-13-8(3)9(11)14-15-10/h7-8H,4-6H2,1-3H3. The third kappa shape index (κ3) is 7.24. The van der Waals surface area contributed by atoms with Gasteiger partial charge in [-0.05, 0) is 24.8 Å². The van der Waals surface area contributed by atoms with Crippen LogP contribution in [0.5, 0.6) is 0 Å². The van der Waals surface area contributed by atoms with Crippen LogP contribution in [0.3, 0.4) is 0 Å². The highest BCUT2D eigenvalue weighted by Gasteiger charge is 2.17. The minimum atomic E-state index is -0.916. The summed E-state index contributed by atoms with van der Waals surface area (Å²) < 4.78 is 21.5. The first kappa shape index (κ1) is 14.3. The lowest BCUT2D eigenvalue weighted by Gasteiger charge is -2.15. The Balaban J connectivity index is 3.60. The van der Waals surface area contributed by atoms with Crippen LogP contribution in [-0.2, 0) is 24.2 Å². The zero-order chi connectivity index (χ0) is 11.7. The van der Waals surface area contributed by atoms with E-state index in [1.807, 2.05) is 13.8 Å². The van der Waals surface area contributed by atoms with Crippen LogP contribution >= 0.6 is 0 Å². The molecule has 0 rings (SSSR count). The van der Waals surface area contributed by atoms with Crippen molar-refractivity contribution in [1.82, 2.24) is 0 Å². The fourth-order valence-corrected chi connectivity index (χ4v) is 0.814. The zero-order valence-electron chi connectivity index (χ0n) is 9.20. The lowest BCUT2D eigenvalue weighted by atomic mass is 10.4. The lowest BCUT2D eigenvalue weighted by molar-refractivity contribution is -0.401. The van der Waals surface area contributed by atoms with Crippen molar-refractivity contribution in [3.63, 3.8) is 0 Å². The molecule has 0 aliphatic heterocycles. The molecule has 0 aromatic heterocycles. The summed E-state index contributed by atoms with van der Waals surface area (Å²) in [6.45, 7) is 6.12. The van der Waals surface area contributed by atoms with Crippen LogP contribution in [0, 0.1) is 0 Å². The number of hydrogen-bond donors (Lipinski definition) is 0. The number of carbonyl (C=O) groups is 1. The SMILES string of the molecule is CCCOC(C)COC(C)C(=O)OOF. The first-order valence-corrected chi connectivity index (χ1v) is 4.84. The molecule has 2 atom stereocenters. The summed E-state index contributed by atoms with van der Waals surface area (Å²) in [6, 6.07) is 0. The smallest absolute Gasteiger partial charge is 0.374 e. The first-order chi connectivity index (χ1) is 7.11. The zero-order valence-corrected chi connectivity index (χ0v) is 9.20. The van der Waals surface area contributed by atoms with Crippen LogP contribution in [-0.4, -0.2) is 31.4 Å². The molecule has 2 unspecified atom stereocenters. The first-order valence-electron chi connectivity index (χ1n) is 4.84. The second-order valence-corrected chi connectivity index (χ2v) is 3.12. The van der Waals surface area contributed by atoms with Gasteiger partial charge in [0.25, 0.3) is 0 Å². The van der Waals surface area contributed by atoms with E-state index in [1.54, 1.807) is 0 Å². The van der Waals surface area contributed by atoms with Crippen molar-refractivity contribution in [1.29, 1.82) is 0 Å². The van der Waals surface area contributed by atoms with Gasteiger partial charge >= 0.3 is 5.97 Å². The van der Waals surface area contributed by atoms with E-state index in [-0.39, 0.29) is 12.7 Å². The molecule has 0 amide bonds. The minimum absolute atomic E-state index is 0.119. The van der Waals surface area contributed by atoms with E-state index < -0.39 is 12.1 Å². The summed E-state index contributed by atoms with van der Waals surface area (Å²) in [5.74, 6) is -0.916. The Hall–Kier alpha value is -0.720. The van der Waals surface area contributed by atoms with Crippen molar-refractivity contribution >= 4 is 5.97 Å². The van der Waals surface area contributed by atoms with Crippen LogP contribution in [0.2, 0.25) is 0 Å². The number of hydrogen-bond acceptors (Lipinski definition) is 5. The van der Waals surface area contributed by atoms with E-state index in [4.69, 9.17) is 9.47 Å². The van der Waals surface area contributed by atoms with Crippen molar-refractivity contribution in [2.45, 2.75) is 39.4 Å². The van der Waals surface area contributed by atoms with E-state index >= 15 is 0 Å². The lowest BCUT2D eigenvalue weighted by Crippen LogP contribution is -2.27. The molecule has 0 radical (unpaired) electrons. The topological polar surface area (TPSA) is 54.0 Å². The molecule has 5 nitrogen and oxygen atoms in total. The van der Waals surface area contributed by atoms with Crippen molar-refractivity contribution in [2.75, 3.05) is 13.2 Å². The van der Waals surface area contributed by atoms with Crippen molar-refractivity contribution in [3.8, 4) is 0 Å². The predicted molar refractivity (Wildman–Crippen MR) is 49.4 cm³/mol. The van der Waals surface area contributed by atoms with Gasteiger partial charge in [0.05, 0.1) is 12.7 Å². The molecule has 90 valence electrons. The van der Waals surface area contributed by atoms with Crippen LogP contribution < -0.4 is 0 Å². The number of halogens is 1. The normalized spacial score (nSPS) is 14.7. The van der Waals surface area contributed by atoms with E-state index in [2.05, 4.69) is 9.98 Å². The largest absolute Gasteiger partial charge is 0.376 e. The molecule has 0 saturated heterocycles. The van der Waals surface area contributed by atoms with E-state index in [1.165, 1.54) is 6.92 Å². The second-order valence-electron chi connectivity index (χ2n) is 3.12. The molecule has 6 heteroatoms. The van der Waals surface area contributed by atoms with Gasteiger partial charge in [-0.2, -0.15) is 0 Å². The summed E-state index contributed by atoms with van der Waals surface area (Å²) in [5, 5.41) is 2.74. The van der Waals surface area contributed by atoms with Gasteiger partial charge in [0.2, 0.25) is 0 Å². The Morgan fingerprint density at radius 2 is 2.00 bits per heavy atom. The molecule has 0 aromatic rings. The van der Waals surface area contributed by atoms with Crippen LogP contribution in [0.15, 0.2) is 0 Å². The maximum absolute atomic E-state index is 11.1. The Kier molecular flexibility index (Phi) is 8.17. The van der Waals surface area contributed by atoms with E-state index in [0.29, 0.717) is 6.61 Å². The van der Waals surface area contributed by atoms with Crippen LogP contribution in [0.4, 0.5) is 4.53 Å². The highest BCUT2D eigenvalue weighted by atomic mass is 19.3. The molecule has 0 heterocycles. The molecular weight excluding hydrogens is 207 g/mol. The molecule has 0 saturated carbocycles. The van der Waals surface area contributed by atoms with Gasteiger partial charge < -0.3 is 9.47 Å². The number of rotatable bonds is 8. The molecule has 0 spiro atoms. The van der Waals surface area contributed by atoms with Crippen LogP contribution in [0.25, 0.3) is 0 Å². The van der Waals surface area contributed by atoms with Crippen molar-refractivity contribution < 1.29 is 28.8 Å². The third-order valence-corrected chi connectivity index (χ3v) is 1.63. The summed E-state index contributed by atoms with van der Waals surface area (Å²) in [7, 11) is 0. The van der Waals surface area contributed by atoms with Crippen LogP contribution in [0.1, 0.15) is 27.2 Å².